The van der Waals surface area contributed by atoms with Crippen LogP contribution in [0.5, 0.6) is 0 Å². The van der Waals surface area contributed by atoms with E-state index in [1.54, 1.807) is 6.33 Å². The summed E-state index contributed by atoms with van der Waals surface area (Å²) in [4.78, 5) is 10.9. The van der Waals surface area contributed by atoms with E-state index < -0.39 is 0 Å². The Morgan fingerprint density at radius 2 is 1.91 bits per heavy atom. The monoisotopic (exact) mass is 452 g/mol. The van der Waals surface area contributed by atoms with Crippen LogP contribution in [0.3, 0.4) is 0 Å². The van der Waals surface area contributed by atoms with Gasteiger partial charge < -0.3 is 15.3 Å². The molecule has 3 heterocycles. The fourth-order valence-corrected chi connectivity index (χ4v) is 4.42. The Morgan fingerprint density at radius 3 is 2.82 bits per heavy atom. The lowest BCUT2D eigenvalue weighted by atomic mass is 10.1. The van der Waals surface area contributed by atoms with Crippen molar-refractivity contribution in [2.45, 2.75) is 13.6 Å². The third kappa shape index (κ3) is 3.39. The number of nitrogens with one attached hydrogen (secondary N) is 3. The van der Waals surface area contributed by atoms with E-state index in [9.17, 15) is 0 Å². The maximum Gasteiger partial charge on any atom is 0.183 e. The highest BCUT2D eigenvalue weighted by Crippen LogP contribution is 2.32. The summed E-state index contributed by atoms with van der Waals surface area (Å²) >= 11 is 5.78. The molecule has 0 atom stereocenters. The number of aryl methyl sites for hydroxylation is 1. The van der Waals surface area contributed by atoms with Crippen LogP contribution in [-0.2, 0) is 6.67 Å². The van der Waals surface area contributed by atoms with Crippen molar-refractivity contribution in [3.8, 4) is 16.9 Å². The molecule has 0 aliphatic heterocycles. The van der Waals surface area contributed by atoms with E-state index in [4.69, 9.17) is 12.2 Å². The third-order valence-electron chi connectivity index (χ3n) is 5.67. The molecule has 3 aromatic carbocycles. The van der Waals surface area contributed by atoms with Gasteiger partial charge in [-0.3, -0.25) is 4.57 Å². The van der Waals surface area contributed by atoms with Crippen molar-refractivity contribution >= 4 is 40.1 Å². The van der Waals surface area contributed by atoms with Crippen molar-refractivity contribution in [3.05, 3.63) is 83.4 Å². The number of aromatic nitrogens is 7. The first kappa shape index (κ1) is 19.4. The number of anilines is 1. The zero-order valence-corrected chi connectivity index (χ0v) is 18.6. The smallest absolute Gasteiger partial charge is 0.183 e. The molecule has 6 aromatic rings. The SMILES string of the molecule is Cc1cccc(-c2c(NCn3nnc4ccccc43)[nH]c(=S)n2-c2ccc3nc[nH]c3c2)c1. The van der Waals surface area contributed by atoms with Gasteiger partial charge in [-0.2, -0.15) is 0 Å². The van der Waals surface area contributed by atoms with Crippen molar-refractivity contribution in [2.75, 3.05) is 5.32 Å². The number of aromatic amines is 2. The largest absolute Gasteiger partial charge is 0.351 e. The summed E-state index contributed by atoms with van der Waals surface area (Å²) in [7, 11) is 0. The van der Waals surface area contributed by atoms with E-state index in [2.05, 4.69) is 67.8 Å². The lowest BCUT2D eigenvalue weighted by molar-refractivity contribution is 0.654. The normalized spacial score (nSPS) is 11.4. The summed E-state index contributed by atoms with van der Waals surface area (Å²) in [6, 6.07) is 22.3. The standard InChI is InChI=1S/C24H20N8S/c1-15-5-4-6-16(11-15)22-23(27-14-31-21-8-3-2-7-19(21)29-30-31)28-24(33)32(22)17-9-10-18-20(12-17)26-13-25-18/h2-13,27H,14H2,1H3,(H,25,26)(H,28,33). The van der Waals surface area contributed by atoms with Crippen LogP contribution in [0.2, 0.25) is 0 Å². The second kappa shape index (κ2) is 7.72. The Bertz CT molecular complexity index is 1670. The predicted molar refractivity (Wildman–Crippen MR) is 132 cm³/mol. The van der Waals surface area contributed by atoms with Crippen molar-refractivity contribution in [1.29, 1.82) is 0 Å². The number of hydrogen-bond acceptors (Lipinski definition) is 5. The molecule has 8 nitrogen and oxygen atoms in total. The zero-order chi connectivity index (χ0) is 22.4. The van der Waals surface area contributed by atoms with E-state index in [0.29, 0.717) is 11.4 Å². The number of benzene rings is 3. The zero-order valence-electron chi connectivity index (χ0n) is 17.8. The van der Waals surface area contributed by atoms with Gasteiger partial charge in [-0.1, -0.05) is 41.1 Å². The molecule has 0 saturated heterocycles. The Balaban J connectivity index is 1.48. The quantitative estimate of drug-likeness (QED) is 0.313. The number of fused-ring (bicyclic) bond motifs is 2. The Hall–Kier alpha value is -4.24. The maximum absolute atomic E-state index is 5.78. The molecular weight excluding hydrogens is 432 g/mol. The van der Waals surface area contributed by atoms with Crippen LogP contribution in [0.15, 0.2) is 73.1 Å². The highest BCUT2D eigenvalue weighted by Gasteiger charge is 2.17. The number of rotatable bonds is 5. The predicted octanol–water partition coefficient (Wildman–Crippen LogP) is 5.20. The second-order valence-electron chi connectivity index (χ2n) is 7.88. The number of para-hydroxylation sites is 1. The van der Waals surface area contributed by atoms with Crippen LogP contribution in [-0.4, -0.2) is 34.5 Å². The fraction of sp³-hybridized carbons (Fsp3) is 0.0833. The van der Waals surface area contributed by atoms with Gasteiger partial charge in [0.25, 0.3) is 0 Å². The van der Waals surface area contributed by atoms with Gasteiger partial charge in [-0.05, 0) is 55.5 Å². The van der Waals surface area contributed by atoms with Crippen molar-refractivity contribution in [2.24, 2.45) is 0 Å². The third-order valence-corrected chi connectivity index (χ3v) is 5.96. The second-order valence-corrected chi connectivity index (χ2v) is 8.26. The van der Waals surface area contributed by atoms with Gasteiger partial charge in [0.15, 0.2) is 4.77 Å². The molecule has 0 radical (unpaired) electrons. The van der Waals surface area contributed by atoms with E-state index in [-0.39, 0.29) is 0 Å². The van der Waals surface area contributed by atoms with Gasteiger partial charge in [-0.15, -0.1) is 5.10 Å². The van der Waals surface area contributed by atoms with E-state index in [1.807, 2.05) is 45.6 Å². The lowest BCUT2D eigenvalue weighted by Crippen LogP contribution is -2.10. The van der Waals surface area contributed by atoms with Gasteiger partial charge in [0.05, 0.1) is 34.3 Å². The first-order valence-corrected chi connectivity index (χ1v) is 11.0. The average Bonchev–Trinajstić information content (AvgIpc) is 3.54. The highest BCUT2D eigenvalue weighted by molar-refractivity contribution is 7.71. The molecule has 162 valence electrons. The summed E-state index contributed by atoms with van der Waals surface area (Å²) in [6.45, 7) is 2.52. The molecule has 0 aliphatic carbocycles. The molecule has 0 bridgehead atoms. The van der Waals surface area contributed by atoms with Crippen molar-refractivity contribution in [3.63, 3.8) is 0 Å². The van der Waals surface area contributed by atoms with Crippen LogP contribution in [0.25, 0.3) is 39.0 Å². The molecule has 0 saturated carbocycles. The first-order chi connectivity index (χ1) is 16.2. The number of nitrogens with zero attached hydrogens (tertiary/aromatic N) is 5. The summed E-state index contributed by atoms with van der Waals surface area (Å²) in [5.74, 6) is 0.815. The minimum Gasteiger partial charge on any atom is -0.351 e. The topological polar surface area (TPSA) is 92.1 Å². The fourth-order valence-electron chi connectivity index (χ4n) is 4.13. The van der Waals surface area contributed by atoms with Crippen LogP contribution >= 0.6 is 12.2 Å². The van der Waals surface area contributed by atoms with Crippen LogP contribution in [0.1, 0.15) is 5.56 Å². The molecule has 0 amide bonds. The van der Waals surface area contributed by atoms with E-state index in [0.717, 1.165) is 44.8 Å². The van der Waals surface area contributed by atoms with E-state index >= 15 is 0 Å². The lowest BCUT2D eigenvalue weighted by Gasteiger charge is -2.13. The molecule has 6 rings (SSSR count). The summed E-state index contributed by atoms with van der Waals surface area (Å²) in [6.07, 6.45) is 1.70. The molecule has 0 fully saturated rings. The minimum absolute atomic E-state index is 0.439. The van der Waals surface area contributed by atoms with Gasteiger partial charge in [0.1, 0.15) is 18.0 Å². The molecule has 0 aliphatic rings. The Labute approximate surface area is 193 Å². The molecule has 0 unspecified atom stereocenters. The molecular formula is C24H20N8S. The van der Waals surface area contributed by atoms with Gasteiger partial charge in [0, 0.05) is 5.56 Å². The number of imidazole rings is 2. The first-order valence-electron chi connectivity index (χ1n) is 10.5. The van der Waals surface area contributed by atoms with E-state index in [1.165, 1.54) is 5.56 Å². The molecule has 0 spiro atoms. The molecule has 9 heteroatoms. The number of hydrogen-bond donors (Lipinski definition) is 3. The van der Waals surface area contributed by atoms with Crippen molar-refractivity contribution < 1.29 is 0 Å². The maximum atomic E-state index is 5.78. The minimum atomic E-state index is 0.439. The Morgan fingerprint density at radius 1 is 1.00 bits per heavy atom. The summed E-state index contributed by atoms with van der Waals surface area (Å²) in [5, 5.41) is 12.0. The van der Waals surface area contributed by atoms with Gasteiger partial charge >= 0.3 is 0 Å². The van der Waals surface area contributed by atoms with Gasteiger partial charge in [0.2, 0.25) is 0 Å². The van der Waals surface area contributed by atoms with Crippen LogP contribution in [0, 0.1) is 11.7 Å². The van der Waals surface area contributed by atoms with Crippen molar-refractivity contribution in [1.82, 2.24) is 34.5 Å². The van der Waals surface area contributed by atoms with Gasteiger partial charge in [-0.25, -0.2) is 9.67 Å². The molecule has 3 N–H and O–H groups in total. The van der Waals surface area contributed by atoms with Crippen LogP contribution < -0.4 is 5.32 Å². The Kier molecular flexibility index (Phi) is 4.55. The summed E-state index contributed by atoms with van der Waals surface area (Å²) < 4.78 is 4.48. The molecule has 3 aromatic heterocycles. The summed E-state index contributed by atoms with van der Waals surface area (Å²) in [5.41, 5.74) is 7.81. The van der Waals surface area contributed by atoms with Crippen LogP contribution in [0.4, 0.5) is 5.82 Å². The molecule has 33 heavy (non-hydrogen) atoms. The number of H-pyrrole nitrogens is 2. The average molecular weight is 453 g/mol. The highest BCUT2D eigenvalue weighted by atomic mass is 32.1.